The Kier molecular flexibility index (Phi) is 6.46. The van der Waals surface area contributed by atoms with Gasteiger partial charge >= 0.3 is 0 Å². The first-order valence-electron chi connectivity index (χ1n) is 9.02. The summed E-state index contributed by atoms with van der Waals surface area (Å²) in [5.41, 5.74) is 0.306. The lowest BCUT2D eigenvalue weighted by Gasteiger charge is -2.16. The van der Waals surface area contributed by atoms with Crippen LogP contribution in [0.25, 0.3) is 10.9 Å². The number of fused-ring (bicyclic) bond motifs is 1. The lowest BCUT2D eigenvalue weighted by molar-refractivity contribution is -0.120. The summed E-state index contributed by atoms with van der Waals surface area (Å²) in [4.78, 5) is 30.1. The van der Waals surface area contributed by atoms with Crippen LogP contribution in [0, 0.1) is 5.92 Å². The first-order valence-corrected chi connectivity index (χ1v) is 10.3. The van der Waals surface area contributed by atoms with E-state index in [0.29, 0.717) is 39.3 Å². The molecule has 1 aromatic carbocycles. The number of nitrogens with one attached hydrogen (secondary N) is 1. The second-order valence-electron chi connectivity index (χ2n) is 6.93. The Bertz CT molecular complexity index is 1030. The van der Waals surface area contributed by atoms with Gasteiger partial charge in [-0.3, -0.25) is 14.2 Å². The standard InChI is InChI=1S/C20H22ClN3O3S/c1-12(2)10-22-18(25)13(3)28-20-23-17-9-14(21)6-7-16(17)19(26)24(20)11-15-5-4-8-27-15/h4-9,12-13H,10-11H2,1-3H3,(H,22,25)/t13-/m0/s1. The number of halogens is 1. The second kappa shape index (κ2) is 8.84. The highest BCUT2D eigenvalue weighted by molar-refractivity contribution is 8.00. The van der Waals surface area contributed by atoms with Crippen molar-refractivity contribution in [2.45, 2.75) is 37.7 Å². The van der Waals surface area contributed by atoms with Gasteiger partial charge in [-0.25, -0.2) is 4.98 Å². The molecule has 0 aliphatic heterocycles. The van der Waals surface area contributed by atoms with Gasteiger partial charge in [-0.1, -0.05) is 37.2 Å². The third kappa shape index (κ3) is 4.77. The molecule has 0 unspecified atom stereocenters. The largest absolute Gasteiger partial charge is 0.467 e. The molecule has 2 aromatic heterocycles. The molecular formula is C20H22ClN3O3S. The van der Waals surface area contributed by atoms with Crippen LogP contribution in [-0.4, -0.2) is 27.3 Å². The Balaban J connectivity index is 1.98. The Morgan fingerprint density at radius 1 is 1.32 bits per heavy atom. The second-order valence-corrected chi connectivity index (χ2v) is 8.67. The molecule has 0 saturated carbocycles. The molecule has 0 saturated heterocycles. The van der Waals surface area contributed by atoms with Crippen LogP contribution < -0.4 is 10.9 Å². The molecule has 0 radical (unpaired) electrons. The highest BCUT2D eigenvalue weighted by atomic mass is 35.5. The Morgan fingerprint density at radius 2 is 2.11 bits per heavy atom. The molecule has 3 rings (SSSR count). The van der Waals surface area contributed by atoms with Crippen molar-refractivity contribution in [2.75, 3.05) is 6.54 Å². The van der Waals surface area contributed by atoms with Crippen molar-refractivity contribution < 1.29 is 9.21 Å². The summed E-state index contributed by atoms with van der Waals surface area (Å²) in [5.74, 6) is 0.902. The van der Waals surface area contributed by atoms with Crippen molar-refractivity contribution in [1.29, 1.82) is 0 Å². The van der Waals surface area contributed by atoms with Crippen molar-refractivity contribution in [1.82, 2.24) is 14.9 Å². The minimum absolute atomic E-state index is 0.0938. The fraction of sp³-hybridized carbons (Fsp3) is 0.350. The zero-order chi connectivity index (χ0) is 20.3. The van der Waals surface area contributed by atoms with E-state index in [1.807, 2.05) is 13.8 Å². The topological polar surface area (TPSA) is 77.1 Å². The number of furan rings is 1. The van der Waals surface area contributed by atoms with Gasteiger partial charge in [0.2, 0.25) is 5.91 Å². The normalized spacial score (nSPS) is 12.5. The van der Waals surface area contributed by atoms with Gasteiger partial charge in [0.25, 0.3) is 5.56 Å². The molecule has 0 bridgehead atoms. The maximum atomic E-state index is 13.1. The first kappa shape index (κ1) is 20.5. The van der Waals surface area contributed by atoms with Gasteiger partial charge in [-0.15, -0.1) is 0 Å². The van der Waals surface area contributed by atoms with E-state index in [0.717, 1.165) is 0 Å². The number of thioether (sulfide) groups is 1. The van der Waals surface area contributed by atoms with Gasteiger partial charge in [-0.2, -0.15) is 0 Å². The van der Waals surface area contributed by atoms with Crippen LogP contribution in [0.5, 0.6) is 0 Å². The van der Waals surface area contributed by atoms with Crippen LogP contribution >= 0.6 is 23.4 Å². The molecule has 0 aliphatic carbocycles. The lowest BCUT2D eigenvalue weighted by atomic mass is 10.2. The number of aromatic nitrogens is 2. The third-order valence-electron chi connectivity index (χ3n) is 4.11. The average Bonchev–Trinajstić information content (AvgIpc) is 3.15. The number of hydrogen-bond donors (Lipinski definition) is 1. The minimum Gasteiger partial charge on any atom is -0.467 e. The van der Waals surface area contributed by atoms with Crippen LogP contribution in [0.15, 0.2) is 51.0 Å². The molecule has 1 amide bonds. The van der Waals surface area contributed by atoms with E-state index in [1.54, 1.807) is 43.5 Å². The highest BCUT2D eigenvalue weighted by Crippen LogP contribution is 2.24. The van der Waals surface area contributed by atoms with E-state index >= 15 is 0 Å². The molecule has 0 spiro atoms. The minimum atomic E-state index is -0.412. The molecule has 2 heterocycles. The summed E-state index contributed by atoms with van der Waals surface area (Å²) in [7, 11) is 0. The highest BCUT2D eigenvalue weighted by Gasteiger charge is 2.20. The summed E-state index contributed by atoms with van der Waals surface area (Å²) in [6.07, 6.45) is 1.56. The van der Waals surface area contributed by atoms with Gasteiger partial charge in [0.15, 0.2) is 5.16 Å². The fourth-order valence-electron chi connectivity index (χ4n) is 2.62. The molecular weight excluding hydrogens is 398 g/mol. The van der Waals surface area contributed by atoms with Crippen LogP contribution in [0.3, 0.4) is 0 Å². The SMILES string of the molecule is CC(C)CNC(=O)[C@H](C)Sc1nc2cc(Cl)ccc2c(=O)n1Cc1ccco1. The van der Waals surface area contributed by atoms with Crippen molar-refractivity contribution in [3.8, 4) is 0 Å². The molecule has 8 heteroatoms. The van der Waals surface area contributed by atoms with Gasteiger partial charge in [0.05, 0.1) is 29.0 Å². The van der Waals surface area contributed by atoms with E-state index in [-0.39, 0.29) is 18.0 Å². The molecule has 3 aromatic rings. The number of nitrogens with zero attached hydrogens (tertiary/aromatic N) is 2. The molecule has 148 valence electrons. The van der Waals surface area contributed by atoms with Gasteiger partial charge in [-0.05, 0) is 43.2 Å². The van der Waals surface area contributed by atoms with E-state index in [9.17, 15) is 9.59 Å². The summed E-state index contributed by atoms with van der Waals surface area (Å²) < 4.78 is 6.93. The zero-order valence-corrected chi connectivity index (χ0v) is 17.5. The zero-order valence-electron chi connectivity index (χ0n) is 15.9. The van der Waals surface area contributed by atoms with Crippen molar-refractivity contribution in [2.24, 2.45) is 5.92 Å². The lowest BCUT2D eigenvalue weighted by Crippen LogP contribution is -2.34. The summed E-state index contributed by atoms with van der Waals surface area (Å²) >= 11 is 7.31. The average molecular weight is 420 g/mol. The molecule has 28 heavy (non-hydrogen) atoms. The Morgan fingerprint density at radius 3 is 2.79 bits per heavy atom. The third-order valence-corrected chi connectivity index (χ3v) is 5.44. The fourth-order valence-corrected chi connectivity index (χ4v) is 3.72. The summed E-state index contributed by atoms with van der Waals surface area (Å²) in [5, 5.41) is 3.92. The number of carbonyl (C=O) groups excluding carboxylic acids is 1. The van der Waals surface area contributed by atoms with Crippen LogP contribution in [-0.2, 0) is 11.3 Å². The van der Waals surface area contributed by atoms with Crippen molar-refractivity contribution in [3.05, 3.63) is 57.7 Å². The Hall–Kier alpha value is -2.25. The van der Waals surface area contributed by atoms with E-state index in [1.165, 1.54) is 16.3 Å². The van der Waals surface area contributed by atoms with Gasteiger partial charge < -0.3 is 9.73 Å². The summed E-state index contributed by atoms with van der Waals surface area (Å²) in [6, 6.07) is 8.55. The predicted octanol–water partition coefficient (Wildman–Crippen LogP) is 3.94. The number of rotatable bonds is 7. The van der Waals surface area contributed by atoms with E-state index in [4.69, 9.17) is 16.0 Å². The smallest absolute Gasteiger partial charge is 0.262 e. The van der Waals surface area contributed by atoms with Gasteiger partial charge in [0, 0.05) is 11.6 Å². The Labute approximate surface area is 172 Å². The predicted molar refractivity (Wildman–Crippen MR) is 112 cm³/mol. The maximum absolute atomic E-state index is 13.1. The molecule has 0 fully saturated rings. The molecule has 0 aliphatic rings. The van der Waals surface area contributed by atoms with Gasteiger partial charge in [0.1, 0.15) is 5.76 Å². The maximum Gasteiger partial charge on any atom is 0.262 e. The van der Waals surface area contributed by atoms with Crippen molar-refractivity contribution in [3.63, 3.8) is 0 Å². The monoisotopic (exact) mass is 419 g/mol. The first-order chi connectivity index (χ1) is 13.3. The number of carbonyl (C=O) groups is 1. The number of amides is 1. The van der Waals surface area contributed by atoms with E-state index in [2.05, 4.69) is 10.3 Å². The molecule has 6 nitrogen and oxygen atoms in total. The van der Waals surface area contributed by atoms with E-state index < -0.39 is 5.25 Å². The van der Waals surface area contributed by atoms with Crippen LogP contribution in [0.1, 0.15) is 26.5 Å². The quantitative estimate of drug-likeness (QED) is 0.463. The summed E-state index contributed by atoms with van der Waals surface area (Å²) in [6.45, 7) is 6.71. The van der Waals surface area contributed by atoms with Crippen LogP contribution in [0.4, 0.5) is 0 Å². The molecule has 1 N–H and O–H groups in total. The molecule has 1 atom stereocenters. The number of benzene rings is 1. The van der Waals surface area contributed by atoms with Crippen LogP contribution in [0.2, 0.25) is 5.02 Å². The van der Waals surface area contributed by atoms with Crippen molar-refractivity contribution >= 4 is 40.2 Å². The number of hydrogen-bond acceptors (Lipinski definition) is 5.